The number of likely N-dealkylation sites (N-methyl/N-ethyl adjacent to an activating group) is 1. The Morgan fingerprint density at radius 2 is 1.94 bits per heavy atom. The van der Waals surface area contributed by atoms with Crippen LogP contribution in [0.2, 0.25) is 0 Å². The van der Waals surface area contributed by atoms with Crippen LogP contribution in [0.25, 0.3) is 0 Å². The predicted octanol–water partition coefficient (Wildman–Crippen LogP) is 2.29. The number of hydrogen-bond acceptors (Lipinski definition) is 2. The lowest BCUT2D eigenvalue weighted by Gasteiger charge is -2.21. The van der Waals surface area contributed by atoms with E-state index in [-0.39, 0.29) is 5.91 Å². The van der Waals surface area contributed by atoms with Crippen LogP contribution in [0.5, 0.6) is 0 Å². The van der Waals surface area contributed by atoms with Gasteiger partial charge < -0.3 is 10.2 Å². The lowest BCUT2D eigenvalue weighted by atomic mass is 10.2. The molecule has 94 valence electrons. The summed E-state index contributed by atoms with van der Waals surface area (Å²) in [6, 6.07) is 9.78. The van der Waals surface area contributed by atoms with Crippen LogP contribution in [0.3, 0.4) is 0 Å². The number of hydrogen-bond donors (Lipinski definition) is 1. The fourth-order valence-electron chi connectivity index (χ4n) is 1.67. The van der Waals surface area contributed by atoms with Crippen molar-refractivity contribution >= 4 is 11.6 Å². The van der Waals surface area contributed by atoms with E-state index in [1.807, 2.05) is 37.3 Å². The molecule has 1 aromatic carbocycles. The van der Waals surface area contributed by atoms with Gasteiger partial charge in [0.05, 0.1) is 6.54 Å². The third kappa shape index (κ3) is 4.57. The van der Waals surface area contributed by atoms with Gasteiger partial charge in [0.25, 0.3) is 0 Å². The van der Waals surface area contributed by atoms with Gasteiger partial charge in [-0.05, 0) is 31.5 Å². The first kappa shape index (κ1) is 13.7. The first-order valence-corrected chi connectivity index (χ1v) is 6.21. The Balaban J connectivity index is 2.53. The van der Waals surface area contributed by atoms with Crippen LogP contribution in [-0.2, 0) is 4.79 Å². The molecule has 0 unspecified atom stereocenters. The second-order valence-electron chi connectivity index (χ2n) is 4.50. The predicted molar refractivity (Wildman–Crippen MR) is 72.2 cm³/mol. The van der Waals surface area contributed by atoms with E-state index >= 15 is 0 Å². The summed E-state index contributed by atoms with van der Waals surface area (Å²) in [6.07, 6.45) is 0. The summed E-state index contributed by atoms with van der Waals surface area (Å²) < 4.78 is 0. The fourth-order valence-corrected chi connectivity index (χ4v) is 1.67. The molecule has 1 rings (SSSR count). The summed E-state index contributed by atoms with van der Waals surface area (Å²) in [5, 5.41) is 3.18. The Labute approximate surface area is 104 Å². The normalized spacial score (nSPS) is 10.6. The maximum absolute atomic E-state index is 12.0. The zero-order valence-corrected chi connectivity index (χ0v) is 10.9. The first-order chi connectivity index (χ1) is 8.15. The molecule has 1 aromatic rings. The number of carbonyl (C=O) groups excluding carboxylic acids is 1. The van der Waals surface area contributed by atoms with Crippen molar-refractivity contribution in [1.29, 1.82) is 0 Å². The van der Waals surface area contributed by atoms with Crippen LogP contribution >= 0.6 is 0 Å². The van der Waals surface area contributed by atoms with Crippen molar-refractivity contribution in [2.45, 2.75) is 20.8 Å². The van der Waals surface area contributed by atoms with Gasteiger partial charge in [-0.2, -0.15) is 0 Å². The molecule has 0 aromatic heterocycles. The van der Waals surface area contributed by atoms with Gasteiger partial charge in [0, 0.05) is 12.2 Å². The Morgan fingerprint density at radius 3 is 2.47 bits per heavy atom. The smallest absolute Gasteiger partial charge is 0.240 e. The average Bonchev–Trinajstić information content (AvgIpc) is 2.31. The SMILES string of the molecule is CCN(C(=O)CNCC(C)C)c1ccccc1. The van der Waals surface area contributed by atoms with Crippen molar-refractivity contribution in [3.05, 3.63) is 30.3 Å². The van der Waals surface area contributed by atoms with E-state index in [0.29, 0.717) is 19.0 Å². The summed E-state index contributed by atoms with van der Waals surface area (Å²) in [5.74, 6) is 0.689. The zero-order chi connectivity index (χ0) is 12.7. The first-order valence-electron chi connectivity index (χ1n) is 6.21. The molecule has 3 heteroatoms. The van der Waals surface area contributed by atoms with Crippen molar-refractivity contribution in [3.63, 3.8) is 0 Å². The molecule has 0 radical (unpaired) electrons. The van der Waals surface area contributed by atoms with E-state index in [0.717, 1.165) is 12.2 Å². The number of anilines is 1. The van der Waals surface area contributed by atoms with Crippen LogP contribution in [0.15, 0.2) is 30.3 Å². The summed E-state index contributed by atoms with van der Waals surface area (Å²) in [4.78, 5) is 13.8. The minimum absolute atomic E-state index is 0.124. The van der Waals surface area contributed by atoms with Gasteiger partial charge in [0.15, 0.2) is 0 Å². The van der Waals surface area contributed by atoms with E-state index in [1.165, 1.54) is 0 Å². The number of nitrogens with zero attached hydrogens (tertiary/aromatic N) is 1. The van der Waals surface area contributed by atoms with Gasteiger partial charge >= 0.3 is 0 Å². The Hall–Kier alpha value is -1.35. The van der Waals surface area contributed by atoms with E-state index in [9.17, 15) is 4.79 Å². The van der Waals surface area contributed by atoms with Gasteiger partial charge in [0.1, 0.15) is 0 Å². The molecule has 0 bridgehead atoms. The average molecular weight is 234 g/mol. The standard InChI is InChI=1S/C14H22N2O/c1-4-16(13-8-6-5-7-9-13)14(17)11-15-10-12(2)3/h5-9,12,15H,4,10-11H2,1-3H3. The molecule has 0 heterocycles. The van der Waals surface area contributed by atoms with Crippen LogP contribution < -0.4 is 10.2 Å². The van der Waals surface area contributed by atoms with Crippen molar-refractivity contribution in [2.75, 3.05) is 24.5 Å². The number of benzene rings is 1. The highest BCUT2D eigenvalue weighted by molar-refractivity contribution is 5.94. The number of para-hydroxylation sites is 1. The van der Waals surface area contributed by atoms with Crippen LogP contribution in [0, 0.1) is 5.92 Å². The second kappa shape index (κ2) is 7.07. The monoisotopic (exact) mass is 234 g/mol. The summed E-state index contributed by atoms with van der Waals surface area (Å²) >= 11 is 0. The molecule has 0 aliphatic carbocycles. The molecule has 0 aliphatic rings. The van der Waals surface area contributed by atoms with Crippen LogP contribution in [-0.4, -0.2) is 25.5 Å². The quantitative estimate of drug-likeness (QED) is 0.819. The molecule has 1 amide bonds. The van der Waals surface area contributed by atoms with Crippen molar-refractivity contribution in [1.82, 2.24) is 5.32 Å². The minimum atomic E-state index is 0.124. The molecular formula is C14H22N2O. The number of amides is 1. The molecule has 0 fully saturated rings. The largest absolute Gasteiger partial charge is 0.312 e. The van der Waals surface area contributed by atoms with E-state index in [4.69, 9.17) is 0 Å². The Bertz CT molecular complexity index is 335. The van der Waals surface area contributed by atoms with Gasteiger partial charge in [0.2, 0.25) is 5.91 Å². The molecule has 0 atom stereocenters. The second-order valence-corrected chi connectivity index (χ2v) is 4.50. The van der Waals surface area contributed by atoms with Gasteiger partial charge in [-0.3, -0.25) is 4.79 Å². The highest BCUT2D eigenvalue weighted by atomic mass is 16.2. The fraction of sp³-hybridized carbons (Fsp3) is 0.500. The van der Waals surface area contributed by atoms with Crippen molar-refractivity contribution in [3.8, 4) is 0 Å². The van der Waals surface area contributed by atoms with Gasteiger partial charge in [-0.25, -0.2) is 0 Å². The van der Waals surface area contributed by atoms with Crippen molar-refractivity contribution < 1.29 is 4.79 Å². The van der Waals surface area contributed by atoms with E-state index in [2.05, 4.69) is 19.2 Å². The van der Waals surface area contributed by atoms with Gasteiger partial charge in [-0.1, -0.05) is 32.0 Å². The minimum Gasteiger partial charge on any atom is -0.312 e. The Morgan fingerprint density at radius 1 is 1.29 bits per heavy atom. The van der Waals surface area contributed by atoms with Crippen LogP contribution in [0.1, 0.15) is 20.8 Å². The highest BCUT2D eigenvalue weighted by Crippen LogP contribution is 2.12. The molecule has 1 N–H and O–H groups in total. The lowest BCUT2D eigenvalue weighted by molar-refractivity contribution is -0.117. The topological polar surface area (TPSA) is 32.3 Å². The van der Waals surface area contributed by atoms with E-state index in [1.54, 1.807) is 4.90 Å². The molecule has 0 aliphatic heterocycles. The summed E-state index contributed by atoms with van der Waals surface area (Å²) in [6.45, 7) is 8.23. The lowest BCUT2D eigenvalue weighted by Crippen LogP contribution is -2.39. The zero-order valence-electron chi connectivity index (χ0n) is 10.9. The number of nitrogens with one attached hydrogen (secondary N) is 1. The van der Waals surface area contributed by atoms with Crippen molar-refractivity contribution in [2.24, 2.45) is 5.92 Å². The molecule has 0 spiro atoms. The molecule has 0 saturated carbocycles. The summed E-state index contributed by atoms with van der Waals surface area (Å²) in [7, 11) is 0. The van der Waals surface area contributed by atoms with Gasteiger partial charge in [-0.15, -0.1) is 0 Å². The maximum Gasteiger partial charge on any atom is 0.240 e. The molecule has 0 saturated heterocycles. The highest BCUT2D eigenvalue weighted by Gasteiger charge is 2.12. The summed E-state index contributed by atoms with van der Waals surface area (Å²) in [5.41, 5.74) is 0.964. The number of carbonyl (C=O) groups is 1. The maximum atomic E-state index is 12.0. The van der Waals surface area contributed by atoms with Crippen LogP contribution in [0.4, 0.5) is 5.69 Å². The molecule has 3 nitrogen and oxygen atoms in total. The third-order valence-electron chi connectivity index (χ3n) is 2.51. The molecule has 17 heavy (non-hydrogen) atoms. The third-order valence-corrected chi connectivity index (χ3v) is 2.51. The molecular weight excluding hydrogens is 212 g/mol. The Kier molecular flexibility index (Phi) is 5.70. The van der Waals surface area contributed by atoms with E-state index < -0.39 is 0 Å². The number of rotatable bonds is 6.